The first kappa shape index (κ1) is 13.5. The molecule has 112 valence electrons. The Bertz CT molecular complexity index is 609. The van der Waals surface area contributed by atoms with Crippen LogP contribution in [0.1, 0.15) is 52.4 Å². The Balaban J connectivity index is 1.87. The van der Waals surface area contributed by atoms with E-state index in [1.54, 1.807) is 0 Å². The summed E-state index contributed by atoms with van der Waals surface area (Å²) in [4.78, 5) is 11.7. The summed E-state index contributed by atoms with van der Waals surface area (Å²) < 4.78 is 0. The van der Waals surface area contributed by atoms with Gasteiger partial charge in [0, 0.05) is 11.8 Å². The van der Waals surface area contributed by atoms with Gasteiger partial charge in [-0.2, -0.15) is 0 Å². The van der Waals surface area contributed by atoms with Gasteiger partial charge < -0.3 is 5.11 Å². The topological polar surface area (TPSA) is 37.3 Å². The summed E-state index contributed by atoms with van der Waals surface area (Å²) in [6.07, 6.45) is 12.0. The zero-order valence-corrected chi connectivity index (χ0v) is 13.0. The van der Waals surface area contributed by atoms with Crippen molar-refractivity contribution in [2.45, 2.75) is 58.5 Å². The van der Waals surface area contributed by atoms with Crippen LogP contribution in [0.5, 0.6) is 0 Å². The monoisotopic (exact) mass is 284 g/mol. The number of ketones is 1. The highest BCUT2D eigenvalue weighted by molar-refractivity contribution is 5.92. The zero-order valence-electron chi connectivity index (χ0n) is 13.0. The number of hydrogen-bond donors (Lipinski definition) is 1. The van der Waals surface area contributed by atoms with Gasteiger partial charge in [0.1, 0.15) is 0 Å². The molecular weight excluding hydrogens is 260 g/mol. The molecule has 0 aromatic rings. The molecule has 0 radical (unpaired) electrons. The lowest BCUT2D eigenvalue weighted by Gasteiger charge is -2.50. The molecule has 0 saturated heterocycles. The molecule has 21 heavy (non-hydrogen) atoms. The highest BCUT2D eigenvalue weighted by Crippen LogP contribution is 2.60. The van der Waals surface area contributed by atoms with E-state index in [1.165, 1.54) is 16.7 Å². The Hall–Kier alpha value is -1.15. The van der Waals surface area contributed by atoms with Crippen LogP contribution in [0.2, 0.25) is 0 Å². The van der Waals surface area contributed by atoms with Crippen LogP contribution in [0.4, 0.5) is 0 Å². The molecule has 0 bridgehead atoms. The van der Waals surface area contributed by atoms with Gasteiger partial charge in [-0.15, -0.1) is 0 Å². The molecule has 0 heterocycles. The summed E-state index contributed by atoms with van der Waals surface area (Å²) in [5.74, 6) is 0.815. The maximum absolute atomic E-state index is 11.7. The summed E-state index contributed by atoms with van der Waals surface area (Å²) in [5, 5.41) is 10.4. The van der Waals surface area contributed by atoms with Crippen LogP contribution in [0.15, 0.2) is 34.9 Å². The van der Waals surface area contributed by atoms with Gasteiger partial charge in [0.2, 0.25) is 0 Å². The average molecular weight is 284 g/mol. The number of hydrogen-bond acceptors (Lipinski definition) is 2. The van der Waals surface area contributed by atoms with Crippen molar-refractivity contribution >= 4 is 5.78 Å². The third-order valence-corrected chi connectivity index (χ3v) is 6.85. The smallest absolute Gasteiger partial charge is 0.156 e. The van der Waals surface area contributed by atoms with Crippen molar-refractivity contribution in [3.8, 4) is 0 Å². The summed E-state index contributed by atoms with van der Waals surface area (Å²) in [5.41, 5.74) is 4.34. The molecular formula is C19H24O2. The predicted octanol–water partition coefficient (Wildman–Crippen LogP) is 3.72. The highest BCUT2D eigenvalue weighted by atomic mass is 16.3. The van der Waals surface area contributed by atoms with Crippen molar-refractivity contribution < 1.29 is 9.90 Å². The minimum atomic E-state index is -0.174. The molecule has 2 nitrogen and oxygen atoms in total. The molecule has 4 aliphatic rings. The highest BCUT2D eigenvalue weighted by Gasteiger charge is 2.52. The van der Waals surface area contributed by atoms with Crippen molar-refractivity contribution in [3.63, 3.8) is 0 Å². The Labute approximate surface area is 126 Å². The average Bonchev–Trinajstić information content (AvgIpc) is 2.76. The number of fused-ring (bicyclic) bond motifs is 4. The first-order chi connectivity index (χ1) is 9.95. The molecule has 0 amide bonds. The van der Waals surface area contributed by atoms with E-state index in [-0.39, 0.29) is 22.7 Å². The van der Waals surface area contributed by atoms with Gasteiger partial charge in [-0.3, -0.25) is 4.79 Å². The fraction of sp³-hybridized carbons (Fsp3) is 0.632. The van der Waals surface area contributed by atoms with E-state index in [2.05, 4.69) is 26.0 Å². The van der Waals surface area contributed by atoms with Crippen LogP contribution >= 0.6 is 0 Å². The van der Waals surface area contributed by atoms with Gasteiger partial charge in [-0.25, -0.2) is 0 Å². The van der Waals surface area contributed by atoms with Gasteiger partial charge in [0.15, 0.2) is 5.78 Å². The molecule has 4 unspecified atom stereocenters. The second kappa shape index (κ2) is 4.19. The standard InChI is InChI=1S/C19H24O2/c1-18-9-7-13(20)11-12(18)3-4-14-15-5-6-17(21)19(15,2)10-8-16(14)18/h3-4,11,16-17,21H,5-10H2,1-2H3. The number of allylic oxidation sites excluding steroid dienone is 5. The number of aliphatic hydroxyl groups excluding tert-OH is 1. The quantitative estimate of drug-likeness (QED) is 0.736. The van der Waals surface area contributed by atoms with Crippen molar-refractivity contribution in [2.24, 2.45) is 16.7 Å². The summed E-state index contributed by atoms with van der Waals surface area (Å²) in [7, 11) is 0. The maximum atomic E-state index is 11.7. The fourth-order valence-corrected chi connectivity index (χ4v) is 5.30. The van der Waals surface area contributed by atoms with Gasteiger partial charge >= 0.3 is 0 Å². The second-order valence-corrected chi connectivity index (χ2v) is 7.81. The largest absolute Gasteiger partial charge is 0.392 e. The normalized spacial score (nSPS) is 45.1. The van der Waals surface area contributed by atoms with Crippen molar-refractivity contribution in [1.29, 1.82) is 0 Å². The minimum absolute atomic E-state index is 0.00175. The van der Waals surface area contributed by atoms with Crippen LogP contribution in [0.25, 0.3) is 0 Å². The Morgan fingerprint density at radius 3 is 2.71 bits per heavy atom. The van der Waals surface area contributed by atoms with E-state index in [1.807, 2.05) is 6.08 Å². The number of carbonyl (C=O) groups excluding carboxylic acids is 1. The molecule has 4 aliphatic carbocycles. The first-order valence-corrected chi connectivity index (χ1v) is 8.30. The van der Waals surface area contributed by atoms with Crippen LogP contribution in [-0.4, -0.2) is 17.0 Å². The zero-order chi connectivity index (χ0) is 14.8. The lowest BCUT2D eigenvalue weighted by Crippen LogP contribution is -2.41. The molecule has 4 rings (SSSR count). The van der Waals surface area contributed by atoms with E-state index < -0.39 is 0 Å². The molecule has 4 atom stereocenters. The molecule has 2 heteroatoms. The molecule has 0 aliphatic heterocycles. The lowest BCUT2D eigenvalue weighted by molar-refractivity contribution is -0.116. The summed E-state index contributed by atoms with van der Waals surface area (Å²) >= 11 is 0. The van der Waals surface area contributed by atoms with E-state index in [0.29, 0.717) is 12.3 Å². The third-order valence-electron chi connectivity index (χ3n) is 6.85. The Morgan fingerprint density at radius 2 is 1.90 bits per heavy atom. The second-order valence-electron chi connectivity index (χ2n) is 7.81. The molecule has 1 N–H and O–H groups in total. The number of carbonyl (C=O) groups is 1. The summed E-state index contributed by atoms with van der Waals surface area (Å²) in [6, 6.07) is 0. The van der Waals surface area contributed by atoms with E-state index in [0.717, 1.165) is 32.1 Å². The molecule has 1 saturated carbocycles. The third kappa shape index (κ3) is 1.66. The Kier molecular flexibility index (Phi) is 2.70. The van der Waals surface area contributed by atoms with Gasteiger partial charge in [-0.05, 0) is 60.7 Å². The van der Waals surface area contributed by atoms with E-state index in [4.69, 9.17) is 0 Å². The van der Waals surface area contributed by atoms with Gasteiger partial charge in [0.25, 0.3) is 0 Å². The van der Waals surface area contributed by atoms with Gasteiger partial charge in [0.05, 0.1) is 6.10 Å². The lowest BCUT2D eigenvalue weighted by atomic mass is 9.54. The van der Waals surface area contributed by atoms with Crippen LogP contribution in [0.3, 0.4) is 0 Å². The van der Waals surface area contributed by atoms with Gasteiger partial charge in [-0.1, -0.05) is 31.6 Å². The van der Waals surface area contributed by atoms with E-state index in [9.17, 15) is 9.90 Å². The van der Waals surface area contributed by atoms with Crippen LogP contribution in [0, 0.1) is 16.7 Å². The van der Waals surface area contributed by atoms with Crippen LogP contribution < -0.4 is 0 Å². The van der Waals surface area contributed by atoms with E-state index >= 15 is 0 Å². The molecule has 0 aromatic carbocycles. The molecule has 0 aromatic heterocycles. The molecule has 1 fully saturated rings. The minimum Gasteiger partial charge on any atom is -0.392 e. The first-order valence-electron chi connectivity index (χ1n) is 8.30. The summed E-state index contributed by atoms with van der Waals surface area (Å²) in [6.45, 7) is 4.59. The van der Waals surface area contributed by atoms with Crippen molar-refractivity contribution in [2.75, 3.05) is 0 Å². The molecule has 0 spiro atoms. The predicted molar refractivity (Wildman–Crippen MR) is 82.7 cm³/mol. The van der Waals surface area contributed by atoms with Crippen molar-refractivity contribution in [3.05, 3.63) is 34.9 Å². The number of aliphatic hydroxyl groups is 1. The fourth-order valence-electron chi connectivity index (χ4n) is 5.30. The SMILES string of the molecule is CC12CCC3C(=C1CCC2O)C=CC1=CC(=O)CCC13C. The van der Waals surface area contributed by atoms with Crippen LogP contribution in [-0.2, 0) is 4.79 Å². The Morgan fingerprint density at radius 1 is 1.10 bits per heavy atom. The number of rotatable bonds is 0. The maximum Gasteiger partial charge on any atom is 0.156 e. The van der Waals surface area contributed by atoms with Crippen molar-refractivity contribution in [1.82, 2.24) is 0 Å².